The minimum absolute atomic E-state index is 0.00728. The normalized spacial score (nSPS) is 18.5. The number of fused-ring (bicyclic) bond motifs is 1. The lowest BCUT2D eigenvalue weighted by atomic mass is 10.1. The van der Waals surface area contributed by atoms with Crippen molar-refractivity contribution in [1.29, 1.82) is 0 Å². The van der Waals surface area contributed by atoms with Gasteiger partial charge < -0.3 is 5.11 Å². The lowest BCUT2D eigenvalue weighted by molar-refractivity contribution is 0.0696. The third kappa shape index (κ3) is 1.89. The monoisotopic (exact) mass is 266 g/mol. The maximum absolute atomic E-state index is 11.3. The van der Waals surface area contributed by atoms with E-state index < -0.39 is 15.8 Å². The minimum Gasteiger partial charge on any atom is -0.478 e. The van der Waals surface area contributed by atoms with Gasteiger partial charge in [0.15, 0.2) is 9.84 Å². The molecule has 0 aromatic carbocycles. The van der Waals surface area contributed by atoms with Gasteiger partial charge >= 0.3 is 5.97 Å². The Morgan fingerprint density at radius 3 is 2.73 bits per heavy atom. The molecule has 1 aromatic rings. The number of thiophene rings is 1. The molecule has 1 aliphatic rings. The first-order chi connectivity index (χ1) is 6.91. The van der Waals surface area contributed by atoms with Crippen LogP contribution in [-0.2, 0) is 22.0 Å². The van der Waals surface area contributed by atoms with E-state index in [4.69, 9.17) is 16.7 Å². The molecule has 4 nitrogen and oxygen atoms in total. The van der Waals surface area contributed by atoms with Crippen LogP contribution >= 0.6 is 22.9 Å². The molecule has 0 bridgehead atoms. The van der Waals surface area contributed by atoms with Gasteiger partial charge in [0.2, 0.25) is 0 Å². The van der Waals surface area contributed by atoms with E-state index >= 15 is 0 Å². The molecule has 15 heavy (non-hydrogen) atoms. The Balaban J connectivity index is 2.58. The Kier molecular flexibility index (Phi) is 2.52. The number of carboxylic acids is 1. The zero-order valence-electron chi connectivity index (χ0n) is 7.49. The zero-order valence-corrected chi connectivity index (χ0v) is 9.88. The van der Waals surface area contributed by atoms with Gasteiger partial charge in [-0.25, -0.2) is 13.2 Å². The van der Waals surface area contributed by atoms with E-state index in [1.54, 1.807) is 0 Å². The van der Waals surface area contributed by atoms with Crippen molar-refractivity contribution in [2.75, 3.05) is 5.75 Å². The molecule has 0 amide bonds. The summed E-state index contributed by atoms with van der Waals surface area (Å²) in [6.07, 6.45) is 0.252. The van der Waals surface area contributed by atoms with Gasteiger partial charge in [0.1, 0.15) is 4.34 Å². The van der Waals surface area contributed by atoms with Crippen LogP contribution in [0.2, 0.25) is 4.34 Å². The lowest BCUT2D eigenvalue weighted by Crippen LogP contribution is -2.18. The van der Waals surface area contributed by atoms with Crippen LogP contribution in [0, 0.1) is 0 Å². The number of hydrogen-bond donors (Lipinski definition) is 1. The van der Waals surface area contributed by atoms with Crippen molar-refractivity contribution in [1.82, 2.24) is 0 Å². The van der Waals surface area contributed by atoms with Gasteiger partial charge in [-0.15, -0.1) is 11.3 Å². The summed E-state index contributed by atoms with van der Waals surface area (Å²) in [5, 5.41) is 8.91. The van der Waals surface area contributed by atoms with E-state index in [1.807, 2.05) is 0 Å². The standard InChI is InChI=1S/C8H7ClO4S2/c9-7-6(8(10)11)4-1-2-15(12,13)3-5(4)14-7/h1-3H2,(H,10,11). The van der Waals surface area contributed by atoms with Crippen molar-refractivity contribution in [3.63, 3.8) is 0 Å². The highest BCUT2D eigenvalue weighted by Gasteiger charge is 2.29. The third-order valence-corrected chi connectivity index (χ3v) is 5.45. The number of carbonyl (C=O) groups is 1. The molecule has 0 saturated carbocycles. The maximum atomic E-state index is 11.3. The zero-order chi connectivity index (χ0) is 11.2. The average molecular weight is 267 g/mol. The lowest BCUT2D eigenvalue weighted by Gasteiger charge is -2.12. The van der Waals surface area contributed by atoms with E-state index in [0.29, 0.717) is 10.4 Å². The quantitative estimate of drug-likeness (QED) is 0.838. The van der Waals surface area contributed by atoms with Crippen molar-refractivity contribution in [3.8, 4) is 0 Å². The van der Waals surface area contributed by atoms with Gasteiger partial charge in [0.05, 0.1) is 17.1 Å². The largest absolute Gasteiger partial charge is 0.478 e. The van der Waals surface area contributed by atoms with Gasteiger partial charge in [-0.2, -0.15) is 0 Å². The van der Waals surface area contributed by atoms with Crippen LogP contribution in [-0.4, -0.2) is 25.2 Å². The summed E-state index contributed by atoms with van der Waals surface area (Å²) in [7, 11) is -3.07. The molecule has 2 heterocycles. The Hall–Kier alpha value is -0.590. The molecule has 1 N–H and O–H groups in total. The van der Waals surface area contributed by atoms with E-state index in [1.165, 1.54) is 0 Å². The average Bonchev–Trinajstić information content (AvgIpc) is 2.37. The van der Waals surface area contributed by atoms with Gasteiger partial charge in [0, 0.05) is 4.88 Å². The predicted molar refractivity (Wildman–Crippen MR) is 57.5 cm³/mol. The summed E-state index contributed by atoms with van der Waals surface area (Å²) >= 11 is 6.82. The SMILES string of the molecule is O=C(O)c1c(Cl)sc2c1CCS(=O)(=O)C2. The highest BCUT2D eigenvalue weighted by molar-refractivity contribution is 7.90. The third-order valence-electron chi connectivity index (χ3n) is 2.28. The van der Waals surface area contributed by atoms with Crippen LogP contribution in [0.25, 0.3) is 0 Å². The van der Waals surface area contributed by atoms with Crippen LogP contribution in [0.1, 0.15) is 20.8 Å². The summed E-state index contributed by atoms with van der Waals surface area (Å²) in [5.41, 5.74) is 0.666. The summed E-state index contributed by atoms with van der Waals surface area (Å²) in [5.74, 6) is -1.16. The predicted octanol–water partition coefficient (Wildman–Crippen LogP) is 1.57. The molecule has 0 aliphatic carbocycles. The summed E-state index contributed by atoms with van der Waals surface area (Å²) < 4.78 is 22.8. The Labute approximate surface area is 95.4 Å². The van der Waals surface area contributed by atoms with Crippen molar-refractivity contribution in [3.05, 3.63) is 20.3 Å². The second-order valence-electron chi connectivity index (χ2n) is 3.30. The number of carboxylic acid groups (broad SMARTS) is 1. The fourth-order valence-corrected chi connectivity index (χ4v) is 4.94. The summed E-state index contributed by atoms with van der Waals surface area (Å²) in [6, 6.07) is 0. The van der Waals surface area contributed by atoms with Crippen LogP contribution in [0.15, 0.2) is 0 Å². The highest BCUT2D eigenvalue weighted by atomic mass is 35.5. The van der Waals surface area contributed by atoms with Crippen molar-refractivity contribution < 1.29 is 18.3 Å². The summed E-state index contributed by atoms with van der Waals surface area (Å²) in [4.78, 5) is 11.5. The molecule has 82 valence electrons. The van der Waals surface area contributed by atoms with Gasteiger partial charge in [-0.1, -0.05) is 11.6 Å². The number of aromatic carboxylic acids is 1. The molecule has 1 aromatic heterocycles. The molecule has 0 saturated heterocycles. The molecule has 7 heteroatoms. The van der Waals surface area contributed by atoms with Gasteiger partial charge in [0.25, 0.3) is 0 Å². The Morgan fingerprint density at radius 1 is 1.47 bits per heavy atom. The first-order valence-electron chi connectivity index (χ1n) is 4.14. The molecule has 0 spiro atoms. The maximum Gasteiger partial charge on any atom is 0.338 e. The first-order valence-corrected chi connectivity index (χ1v) is 7.16. The molecule has 0 fully saturated rings. The number of halogens is 1. The first kappa shape index (κ1) is 10.9. The molecule has 2 rings (SSSR count). The van der Waals surface area contributed by atoms with E-state index in [0.717, 1.165) is 11.3 Å². The molecular formula is C8H7ClO4S2. The van der Waals surface area contributed by atoms with Crippen molar-refractivity contribution in [2.45, 2.75) is 12.2 Å². The van der Waals surface area contributed by atoms with Crippen LogP contribution < -0.4 is 0 Å². The van der Waals surface area contributed by atoms with E-state index in [-0.39, 0.29) is 27.8 Å². The van der Waals surface area contributed by atoms with E-state index in [2.05, 4.69) is 0 Å². The smallest absolute Gasteiger partial charge is 0.338 e. The fourth-order valence-electron chi connectivity index (χ4n) is 1.60. The fraction of sp³-hybridized carbons (Fsp3) is 0.375. The summed E-state index contributed by atoms with van der Waals surface area (Å²) in [6.45, 7) is 0. The molecular weight excluding hydrogens is 260 g/mol. The molecule has 0 radical (unpaired) electrons. The number of rotatable bonds is 1. The Morgan fingerprint density at radius 2 is 2.13 bits per heavy atom. The second kappa shape index (κ2) is 3.47. The second-order valence-corrected chi connectivity index (χ2v) is 7.19. The van der Waals surface area contributed by atoms with Gasteiger partial charge in [-0.05, 0) is 12.0 Å². The highest BCUT2D eigenvalue weighted by Crippen LogP contribution is 2.37. The Bertz CT molecular complexity index is 529. The van der Waals surface area contributed by atoms with Crippen molar-refractivity contribution >= 4 is 38.7 Å². The van der Waals surface area contributed by atoms with Gasteiger partial charge in [-0.3, -0.25) is 0 Å². The molecule has 1 aliphatic heterocycles. The van der Waals surface area contributed by atoms with Crippen LogP contribution in [0.3, 0.4) is 0 Å². The van der Waals surface area contributed by atoms with Crippen molar-refractivity contribution in [2.24, 2.45) is 0 Å². The number of sulfone groups is 1. The van der Waals surface area contributed by atoms with Crippen LogP contribution in [0.4, 0.5) is 0 Å². The molecule has 0 atom stereocenters. The molecule has 0 unspecified atom stereocenters. The minimum atomic E-state index is -3.07. The number of hydrogen-bond acceptors (Lipinski definition) is 4. The topological polar surface area (TPSA) is 71.4 Å². The van der Waals surface area contributed by atoms with Crippen LogP contribution in [0.5, 0.6) is 0 Å². The van der Waals surface area contributed by atoms with E-state index in [9.17, 15) is 13.2 Å².